The highest BCUT2D eigenvalue weighted by Crippen LogP contribution is 2.29. The molecule has 102 valence electrons. The molecule has 1 amide bonds. The number of nitrogens with zero attached hydrogens (tertiary/aromatic N) is 1. The van der Waals surface area contributed by atoms with Crippen LogP contribution in [0.25, 0.3) is 0 Å². The smallest absolute Gasteiger partial charge is 0.238 e. The third-order valence-electron chi connectivity index (χ3n) is 3.01. The SMILES string of the molecule is O=C1CCN(CC(=O)Nc2c(Cl)cccc2Cl)CC1. The van der Waals surface area contributed by atoms with Crippen LogP contribution in [0.1, 0.15) is 12.8 Å². The first-order valence-electron chi connectivity index (χ1n) is 6.04. The Balaban J connectivity index is 1.92. The van der Waals surface area contributed by atoms with Crippen molar-refractivity contribution >= 4 is 40.6 Å². The zero-order chi connectivity index (χ0) is 13.8. The van der Waals surface area contributed by atoms with E-state index in [1.54, 1.807) is 18.2 Å². The molecular formula is C13H14Cl2N2O2. The van der Waals surface area contributed by atoms with Crippen molar-refractivity contribution in [1.29, 1.82) is 0 Å². The first kappa shape index (κ1) is 14.3. The van der Waals surface area contributed by atoms with Crippen molar-refractivity contribution in [2.45, 2.75) is 12.8 Å². The van der Waals surface area contributed by atoms with E-state index in [0.717, 1.165) is 0 Å². The molecule has 0 aromatic heterocycles. The van der Waals surface area contributed by atoms with Crippen molar-refractivity contribution in [2.75, 3.05) is 25.0 Å². The number of rotatable bonds is 3. The highest BCUT2D eigenvalue weighted by molar-refractivity contribution is 6.39. The number of Topliss-reactive ketones (excluding diaryl/α,β-unsaturated/α-hetero) is 1. The normalized spacial score (nSPS) is 16.4. The monoisotopic (exact) mass is 300 g/mol. The zero-order valence-electron chi connectivity index (χ0n) is 10.3. The number of halogens is 2. The average molecular weight is 301 g/mol. The molecule has 1 heterocycles. The number of nitrogens with one attached hydrogen (secondary N) is 1. The van der Waals surface area contributed by atoms with Gasteiger partial charge in [0.15, 0.2) is 0 Å². The van der Waals surface area contributed by atoms with Crippen LogP contribution in [-0.2, 0) is 9.59 Å². The van der Waals surface area contributed by atoms with Gasteiger partial charge in [-0.1, -0.05) is 29.3 Å². The fourth-order valence-corrected chi connectivity index (χ4v) is 2.45. The van der Waals surface area contributed by atoms with Crippen molar-refractivity contribution in [3.8, 4) is 0 Å². The van der Waals surface area contributed by atoms with E-state index in [0.29, 0.717) is 41.7 Å². The molecule has 0 atom stereocenters. The summed E-state index contributed by atoms with van der Waals surface area (Å²) in [5, 5.41) is 3.53. The van der Waals surface area contributed by atoms with Crippen LogP contribution in [0.5, 0.6) is 0 Å². The van der Waals surface area contributed by atoms with Gasteiger partial charge in [0.25, 0.3) is 0 Å². The lowest BCUT2D eigenvalue weighted by Gasteiger charge is -2.25. The van der Waals surface area contributed by atoms with Gasteiger partial charge in [-0.2, -0.15) is 0 Å². The summed E-state index contributed by atoms with van der Waals surface area (Å²) in [6.07, 6.45) is 1.03. The summed E-state index contributed by atoms with van der Waals surface area (Å²) in [7, 11) is 0. The number of benzene rings is 1. The van der Waals surface area contributed by atoms with Crippen LogP contribution in [0.15, 0.2) is 18.2 Å². The van der Waals surface area contributed by atoms with E-state index < -0.39 is 0 Å². The Kier molecular flexibility index (Phi) is 4.80. The van der Waals surface area contributed by atoms with E-state index in [9.17, 15) is 9.59 Å². The van der Waals surface area contributed by atoms with Gasteiger partial charge >= 0.3 is 0 Å². The Morgan fingerprint density at radius 2 is 1.79 bits per heavy atom. The molecule has 0 aliphatic carbocycles. The number of para-hydroxylation sites is 1. The standard InChI is InChI=1S/C13H14Cl2N2O2/c14-10-2-1-3-11(15)13(10)16-12(19)8-17-6-4-9(18)5-7-17/h1-3H,4-8H2,(H,16,19). The van der Waals surface area contributed by atoms with Crippen LogP contribution in [0, 0.1) is 0 Å². The summed E-state index contributed by atoms with van der Waals surface area (Å²) in [5.41, 5.74) is 0.434. The minimum Gasteiger partial charge on any atom is -0.322 e. The van der Waals surface area contributed by atoms with E-state index in [-0.39, 0.29) is 18.2 Å². The number of carbonyl (C=O) groups excluding carboxylic acids is 2. The highest BCUT2D eigenvalue weighted by Gasteiger charge is 2.19. The number of hydrogen-bond donors (Lipinski definition) is 1. The second-order valence-corrected chi connectivity index (χ2v) is 5.27. The minimum absolute atomic E-state index is 0.177. The summed E-state index contributed by atoms with van der Waals surface area (Å²) < 4.78 is 0. The maximum absolute atomic E-state index is 11.9. The summed E-state index contributed by atoms with van der Waals surface area (Å²) in [5.74, 6) is 0.0788. The zero-order valence-corrected chi connectivity index (χ0v) is 11.8. The number of anilines is 1. The van der Waals surface area contributed by atoms with E-state index in [1.165, 1.54) is 0 Å². The molecule has 1 aromatic rings. The number of carbonyl (C=O) groups is 2. The van der Waals surface area contributed by atoms with Crippen LogP contribution in [0.3, 0.4) is 0 Å². The molecule has 1 fully saturated rings. The van der Waals surface area contributed by atoms with Crippen molar-refractivity contribution in [3.05, 3.63) is 28.2 Å². The molecule has 1 N–H and O–H groups in total. The summed E-state index contributed by atoms with van der Waals surface area (Å²) in [4.78, 5) is 25.0. The fourth-order valence-electron chi connectivity index (χ4n) is 1.96. The molecule has 4 nitrogen and oxygen atoms in total. The van der Waals surface area contributed by atoms with E-state index in [2.05, 4.69) is 5.32 Å². The second kappa shape index (κ2) is 6.37. The molecule has 0 spiro atoms. The molecule has 0 radical (unpaired) electrons. The number of amides is 1. The van der Waals surface area contributed by atoms with E-state index >= 15 is 0 Å². The minimum atomic E-state index is -0.177. The van der Waals surface area contributed by atoms with Gasteiger partial charge in [-0.25, -0.2) is 0 Å². The summed E-state index contributed by atoms with van der Waals surface area (Å²) in [6, 6.07) is 5.06. The first-order valence-corrected chi connectivity index (χ1v) is 6.80. The summed E-state index contributed by atoms with van der Waals surface area (Å²) >= 11 is 12.0. The molecule has 1 saturated heterocycles. The molecule has 0 saturated carbocycles. The maximum atomic E-state index is 11.9. The van der Waals surface area contributed by atoms with E-state index in [4.69, 9.17) is 23.2 Å². The maximum Gasteiger partial charge on any atom is 0.238 e. The number of ketones is 1. The molecule has 1 aliphatic rings. The van der Waals surface area contributed by atoms with Gasteiger partial charge < -0.3 is 5.32 Å². The number of likely N-dealkylation sites (tertiary alicyclic amines) is 1. The second-order valence-electron chi connectivity index (χ2n) is 4.46. The Hall–Kier alpha value is -1.10. The summed E-state index contributed by atoms with van der Waals surface area (Å²) in [6.45, 7) is 1.50. The van der Waals surface area contributed by atoms with Crippen LogP contribution < -0.4 is 5.32 Å². The Labute approximate surface area is 121 Å². The molecule has 19 heavy (non-hydrogen) atoms. The number of piperidine rings is 1. The lowest BCUT2D eigenvalue weighted by molar-refractivity contribution is -0.124. The predicted octanol–water partition coefficient (Wildman–Crippen LogP) is 2.60. The van der Waals surface area contributed by atoms with Crippen molar-refractivity contribution in [1.82, 2.24) is 4.90 Å². The molecule has 2 rings (SSSR count). The van der Waals surface area contributed by atoms with Crippen molar-refractivity contribution in [3.63, 3.8) is 0 Å². The fraction of sp³-hybridized carbons (Fsp3) is 0.385. The van der Waals surface area contributed by atoms with Crippen molar-refractivity contribution in [2.24, 2.45) is 0 Å². The molecule has 1 aromatic carbocycles. The third kappa shape index (κ3) is 3.93. The molecule has 0 bridgehead atoms. The van der Waals surface area contributed by atoms with Crippen LogP contribution >= 0.6 is 23.2 Å². The van der Waals surface area contributed by atoms with E-state index in [1.807, 2.05) is 4.90 Å². The molecule has 1 aliphatic heterocycles. The van der Waals surface area contributed by atoms with Gasteiger partial charge in [-0.05, 0) is 12.1 Å². The molecule has 0 unspecified atom stereocenters. The van der Waals surface area contributed by atoms with Gasteiger partial charge in [-0.15, -0.1) is 0 Å². The lowest BCUT2D eigenvalue weighted by Crippen LogP contribution is -2.39. The topological polar surface area (TPSA) is 49.4 Å². The third-order valence-corrected chi connectivity index (χ3v) is 3.64. The van der Waals surface area contributed by atoms with Crippen LogP contribution in [0.2, 0.25) is 10.0 Å². The Morgan fingerprint density at radius 1 is 1.21 bits per heavy atom. The lowest BCUT2D eigenvalue weighted by atomic mass is 10.1. The van der Waals surface area contributed by atoms with Gasteiger partial charge in [0.05, 0.1) is 22.3 Å². The Morgan fingerprint density at radius 3 is 2.37 bits per heavy atom. The van der Waals surface area contributed by atoms with Gasteiger partial charge in [0.2, 0.25) is 5.91 Å². The quantitative estimate of drug-likeness (QED) is 0.933. The Bertz CT molecular complexity index is 475. The van der Waals surface area contributed by atoms with Crippen molar-refractivity contribution < 1.29 is 9.59 Å². The van der Waals surface area contributed by atoms with Gasteiger partial charge in [0, 0.05) is 25.9 Å². The number of hydrogen-bond acceptors (Lipinski definition) is 3. The predicted molar refractivity (Wildman–Crippen MR) is 75.8 cm³/mol. The van der Waals surface area contributed by atoms with Gasteiger partial charge in [0.1, 0.15) is 5.78 Å². The van der Waals surface area contributed by atoms with Crippen LogP contribution in [0.4, 0.5) is 5.69 Å². The van der Waals surface area contributed by atoms with Gasteiger partial charge in [-0.3, -0.25) is 14.5 Å². The average Bonchev–Trinajstić information content (AvgIpc) is 2.37. The molecular weight excluding hydrogens is 287 g/mol. The largest absolute Gasteiger partial charge is 0.322 e. The molecule has 6 heteroatoms. The first-order chi connectivity index (χ1) is 9.06. The van der Waals surface area contributed by atoms with Crippen LogP contribution in [-0.4, -0.2) is 36.2 Å². The highest BCUT2D eigenvalue weighted by atomic mass is 35.5.